The van der Waals surface area contributed by atoms with Crippen molar-refractivity contribution in [3.63, 3.8) is 0 Å². The Kier molecular flexibility index (Phi) is 7.58. The number of carboxylic acid groups (broad SMARTS) is 1. The minimum atomic E-state index is -0.905. The molecule has 0 amide bonds. The molecule has 1 aromatic heterocycles. The van der Waals surface area contributed by atoms with E-state index in [1.54, 1.807) is 12.1 Å². The first-order valence-corrected chi connectivity index (χ1v) is 12.4. The van der Waals surface area contributed by atoms with E-state index in [-0.39, 0.29) is 0 Å². The molecule has 33 heavy (non-hydrogen) atoms. The Morgan fingerprint density at radius 2 is 1.82 bits per heavy atom. The highest BCUT2D eigenvalue weighted by molar-refractivity contribution is 5.95. The number of hydrogen-bond donors (Lipinski definition) is 1. The second-order valence-electron chi connectivity index (χ2n) is 9.41. The van der Waals surface area contributed by atoms with E-state index in [0.29, 0.717) is 11.6 Å². The molecule has 2 aromatic carbocycles. The van der Waals surface area contributed by atoms with Crippen LogP contribution >= 0.6 is 0 Å². The third-order valence-corrected chi connectivity index (χ3v) is 7.04. The van der Waals surface area contributed by atoms with Gasteiger partial charge in [0.1, 0.15) is 5.82 Å². The Hall–Kier alpha value is -2.95. The van der Waals surface area contributed by atoms with Gasteiger partial charge in [0.15, 0.2) is 5.82 Å². The molecule has 5 nitrogen and oxygen atoms in total. The summed E-state index contributed by atoms with van der Waals surface area (Å²) in [6.45, 7) is 4.39. The van der Waals surface area contributed by atoms with Crippen molar-refractivity contribution in [1.82, 2.24) is 14.8 Å². The first-order valence-electron chi connectivity index (χ1n) is 12.4. The predicted molar refractivity (Wildman–Crippen MR) is 132 cm³/mol. The largest absolute Gasteiger partial charge is 0.478 e. The molecule has 1 unspecified atom stereocenters. The van der Waals surface area contributed by atoms with Crippen LogP contribution in [0.15, 0.2) is 48.5 Å². The van der Waals surface area contributed by atoms with Crippen LogP contribution in [-0.2, 0) is 12.8 Å². The van der Waals surface area contributed by atoms with Crippen molar-refractivity contribution < 1.29 is 9.90 Å². The van der Waals surface area contributed by atoms with E-state index in [9.17, 15) is 9.90 Å². The van der Waals surface area contributed by atoms with Gasteiger partial charge in [-0.2, -0.15) is 5.10 Å². The molecule has 5 heteroatoms. The average Bonchev–Trinajstić information content (AvgIpc) is 3.26. The number of carbonyl (C=O) groups is 1. The van der Waals surface area contributed by atoms with E-state index in [2.05, 4.69) is 30.7 Å². The number of benzene rings is 2. The minimum Gasteiger partial charge on any atom is -0.478 e. The maximum absolute atomic E-state index is 11.6. The summed E-state index contributed by atoms with van der Waals surface area (Å²) in [6.07, 6.45) is 10.8. The zero-order valence-corrected chi connectivity index (χ0v) is 19.8. The molecule has 1 aliphatic carbocycles. The normalized spacial score (nSPS) is 15.5. The fourth-order valence-electron chi connectivity index (χ4n) is 4.87. The van der Waals surface area contributed by atoms with E-state index < -0.39 is 5.97 Å². The van der Waals surface area contributed by atoms with Crippen LogP contribution in [0.5, 0.6) is 0 Å². The number of hydrogen-bond acceptors (Lipinski definition) is 3. The summed E-state index contributed by atoms with van der Waals surface area (Å²) in [5.74, 6) is 1.92. The number of aryl methyl sites for hydroxylation is 1. The molecular weight excluding hydrogens is 410 g/mol. The third-order valence-electron chi connectivity index (χ3n) is 7.04. The van der Waals surface area contributed by atoms with Gasteiger partial charge in [0.05, 0.1) is 11.6 Å². The Balaban J connectivity index is 1.50. The molecule has 3 aromatic rings. The molecule has 0 bridgehead atoms. The van der Waals surface area contributed by atoms with Crippen molar-refractivity contribution in [2.45, 2.75) is 77.7 Å². The van der Waals surface area contributed by atoms with Gasteiger partial charge in [-0.05, 0) is 48.4 Å². The molecule has 1 saturated carbocycles. The topological polar surface area (TPSA) is 68.0 Å². The monoisotopic (exact) mass is 445 g/mol. The van der Waals surface area contributed by atoms with Gasteiger partial charge in [-0.3, -0.25) is 0 Å². The van der Waals surface area contributed by atoms with Gasteiger partial charge in [-0.1, -0.05) is 81.5 Å². The van der Waals surface area contributed by atoms with Crippen molar-refractivity contribution in [3.05, 3.63) is 71.3 Å². The maximum atomic E-state index is 11.6. The van der Waals surface area contributed by atoms with Gasteiger partial charge in [0.25, 0.3) is 0 Å². The quantitative estimate of drug-likeness (QED) is 0.397. The zero-order valence-electron chi connectivity index (χ0n) is 19.8. The molecule has 4 rings (SSSR count). The maximum Gasteiger partial charge on any atom is 0.336 e. The Morgan fingerprint density at radius 3 is 2.52 bits per heavy atom. The van der Waals surface area contributed by atoms with Crippen molar-refractivity contribution in [1.29, 1.82) is 0 Å². The van der Waals surface area contributed by atoms with Gasteiger partial charge in [0, 0.05) is 12.8 Å². The highest BCUT2D eigenvalue weighted by atomic mass is 16.4. The molecule has 1 heterocycles. The zero-order chi connectivity index (χ0) is 23.2. The van der Waals surface area contributed by atoms with Crippen LogP contribution in [-0.4, -0.2) is 25.8 Å². The summed E-state index contributed by atoms with van der Waals surface area (Å²) in [4.78, 5) is 16.5. The van der Waals surface area contributed by atoms with Crippen molar-refractivity contribution in [2.75, 3.05) is 0 Å². The summed E-state index contributed by atoms with van der Waals surface area (Å²) >= 11 is 0. The molecule has 1 fully saturated rings. The first-order chi connectivity index (χ1) is 16.0. The molecule has 0 saturated heterocycles. The van der Waals surface area contributed by atoms with E-state index in [4.69, 9.17) is 10.1 Å². The van der Waals surface area contributed by atoms with E-state index in [1.807, 2.05) is 24.3 Å². The molecular formula is C28H35N3O2. The number of carboxylic acids is 1. The van der Waals surface area contributed by atoms with Crippen molar-refractivity contribution >= 4 is 5.97 Å². The lowest BCUT2D eigenvalue weighted by Gasteiger charge is -2.20. The number of rotatable bonds is 9. The van der Waals surface area contributed by atoms with Crippen molar-refractivity contribution in [2.24, 2.45) is 5.92 Å². The lowest BCUT2D eigenvalue weighted by atomic mass is 9.86. The minimum absolute atomic E-state index is 0.317. The van der Waals surface area contributed by atoms with Crippen molar-refractivity contribution in [3.8, 4) is 11.1 Å². The van der Waals surface area contributed by atoms with E-state index in [0.717, 1.165) is 53.5 Å². The number of aromatic carboxylic acids is 1. The number of nitrogens with zero attached hydrogens (tertiary/aromatic N) is 3. The average molecular weight is 446 g/mol. The summed E-state index contributed by atoms with van der Waals surface area (Å²) in [5.41, 5.74) is 3.13. The second-order valence-corrected chi connectivity index (χ2v) is 9.41. The SMILES string of the molecule is CCC(C)n1nc(CCC2CCCCC2)nc1Cc1ccc(-c2ccccc2C(=O)O)cc1. The van der Waals surface area contributed by atoms with Gasteiger partial charge in [-0.15, -0.1) is 0 Å². The lowest BCUT2D eigenvalue weighted by molar-refractivity contribution is 0.0697. The van der Waals surface area contributed by atoms with Crippen LogP contribution in [0.3, 0.4) is 0 Å². The molecule has 0 radical (unpaired) electrons. The Labute approximate surface area is 196 Å². The van der Waals surface area contributed by atoms with Gasteiger partial charge < -0.3 is 5.11 Å². The highest BCUT2D eigenvalue weighted by Gasteiger charge is 2.18. The fraction of sp³-hybridized carbons (Fsp3) is 0.464. The molecule has 0 aliphatic heterocycles. The Bertz CT molecular complexity index is 1070. The lowest BCUT2D eigenvalue weighted by Crippen LogP contribution is -2.11. The van der Waals surface area contributed by atoms with Crippen LogP contribution in [0.2, 0.25) is 0 Å². The van der Waals surface area contributed by atoms with Gasteiger partial charge >= 0.3 is 5.97 Å². The number of aromatic nitrogens is 3. The molecule has 1 N–H and O–H groups in total. The first kappa shape index (κ1) is 23.2. The molecule has 1 atom stereocenters. The summed E-state index contributed by atoms with van der Waals surface area (Å²) < 4.78 is 2.11. The van der Waals surface area contributed by atoms with Gasteiger partial charge in [0.2, 0.25) is 0 Å². The summed E-state index contributed by atoms with van der Waals surface area (Å²) in [7, 11) is 0. The molecule has 0 spiro atoms. The van der Waals surface area contributed by atoms with Crippen LogP contribution < -0.4 is 0 Å². The summed E-state index contributed by atoms with van der Waals surface area (Å²) in [5, 5.41) is 14.4. The van der Waals surface area contributed by atoms with Gasteiger partial charge in [-0.25, -0.2) is 14.5 Å². The fourth-order valence-corrected chi connectivity index (χ4v) is 4.87. The molecule has 174 valence electrons. The Morgan fingerprint density at radius 1 is 1.09 bits per heavy atom. The second kappa shape index (κ2) is 10.8. The van der Waals surface area contributed by atoms with Crippen LogP contribution in [0.1, 0.15) is 92.4 Å². The highest BCUT2D eigenvalue weighted by Crippen LogP contribution is 2.28. The van der Waals surface area contributed by atoms with Crippen LogP contribution in [0, 0.1) is 5.92 Å². The molecule has 1 aliphatic rings. The predicted octanol–water partition coefficient (Wildman–Crippen LogP) is 6.72. The smallest absolute Gasteiger partial charge is 0.336 e. The van der Waals surface area contributed by atoms with Crippen LogP contribution in [0.4, 0.5) is 0 Å². The van der Waals surface area contributed by atoms with Crippen LogP contribution in [0.25, 0.3) is 11.1 Å². The van der Waals surface area contributed by atoms with E-state index >= 15 is 0 Å². The standard InChI is InChI=1S/C28H35N3O2/c1-3-20(2)31-27(29-26(30-31)18-15-21-9-5-4-6-10-21)19-22-13-16-23(17-14-22)24-11-7-8-12-25(24)28(32)33/h7-8,11-14,16-17,20-21H,3-6,9-10,15,18-19H2,1-2H3,(H,32,33). The summed E-state index contributed by atoms with van der Waals surface area (Å²) in [6, 6.07) is 15.6. The van der Waals surface area contributed by atoms with E-state index in [1.165, 1.54) is 38.5 Å². The third kappa shape index (κ3) is 5.70.